The lowest BCUT2D eigenvalue weighted by molar-refractivity contribution is -0.113. The molecule has 2 aromatic carbocycles. The van der Waals surface area contributed by atoms with E-state index in [1.165, 1.54) is 11.8 Å². The highest BCUT2D eigenvalue weighted by Crippen LogP contribution is 2.24. The molecule has 5 nitrogen and oxygen atoms in total. The first-order chi connectivity index (χ1) is 14.0. The van der Waals surface area contributed by atoms with Crippen LogP contribution in [-0.2, 0) is 11.4 Å². The highest BCUT2D eigenvalue weighted by atomic mass is 32.2. The molecule has 0 spiro atoms. The number of carbonyl (C=O) groups is 1. The van der Waals surface area contributed by atoms with Crippen molar-refractivity contribution >= 4 is 23.4 Å². The molecule has 3 aromatic rings. The Balaban J connectivity index is 1.53. The van der Waals surface area contributed by atoms with Gasteiger partial charge in [-0.3, -0.25) is 4.79 Å². The standard InChI is InChI=1S/C23H21N3O2S/c1-16-12-17(2)25-23(21(16)13-24)29-15-22(27)26-19-8-10-20(11-9-19)28-14-18-6-4-3-5-7-18/h3-12H,14-15H2,1-2H3,(H,26,27). The fraction of sp³-hybridized carbons (Fsp3) is 0.174. The van der Waals surface area contributed by atoms with Crippen LogP contribution in [-0.4, -0.2) is 16.6 Å². The maximum atomic E-state index is 12.3. The Kier molecular flexibility index (Phi) is 6.88. The van der Waals surface area contributed by atoms with E-state index in [1.807, 2.05) is 62.4 Å². The van der Waals surface area contributed by atoms with Gasteiger partial charge >= 0.3 is 0 Å². The van der Waals surface area contributed by atoms with Crippen LogP contribution in [0.15, 0.2) is 65.7 Å². The van der Waals surface area contributed by atoms with Crippen molar-refractivity contribution in [2.24, 2.45) is 0 Å². The lowest BCUT2D eigenvalue weighted by Crippen LogP contribution is -2.14. The van der Waals surface area contributed by atoms with Crippen molar-refractivity contribution in [1.82, 2.24) is 4.98 Å². The summed E-state index contributed by atoms with van der Waals surface area (Å²) in [4.78, 5) is 16.7. The molecule has 0 fully saturated rings. The molecule has 0 atom stereocenters. The van der Waals surface area contributed by atoms with Gasteiger partial charge in [-0.1, -0.05) is 42.1 Å². The van der Waals surface area contributed by atoms with Crippen LogP contribution in [0, 0.1) is 25.2 Å². The molecule has 1 amide bonds. The second-order valence-corrected chi connectivity index (χ2v) is 7.47. The molecule has 1 aromatic heterocycles. The van der Waals surface area contributed by atoms with Crippen LogP contribution < -0.4 is 10.1 Å². The van der Waals surface area contributed by atoms with Gasteiger partial charge in [0.1, 0.15) is 23.5 Å². The van der Waals surface area contributed by atoms with Crippen molar-refractivity contribution < 1.29 is 9.53 Å². The topological polar surface area (TPSA) is 75.0 Å². The first kappa shape index (κ1) is 20.4. The minimum Gasteiger partial charge on any atom is -0.489 e. The summed E-state index contributed by atoms with van der Waals surface area (Å²) in [5.41, 5.74) is 4.01. The number of aryl methyl sites for hydroxylation is 2. The summed E-state index contributed by atoms with van der Waals surface area (Å²) in [7, 11) is 0. The van der Waals surface area contributed by atoms with Gasteiger partial charge in [-0.05, 0) is 55.3 Å². The van der Waals surface area contributed by atoms with Gasteiger partial charge in [0.15, 0.2) is 0 Å². The second kappa shape index (κ2) is 9.76. The summed E-state index contributed by atoms with van der Waals surface area (Å²) >= 11 is 1.27. The number of hydrogen-bond acceptors (Lipinski definition) is 5. The quantitative estimate of drug-likeness (QED) is 0.569. The summed E-state index contributed by atoms with van der Waals surface area (Å²) in [6.45, 7) is 4.24. The Morgan fingerprint density at radius 2 is 1.86 bits per heavy atom. The van der Waals surface area contributed by atoms with Gasteiger partial charge in [0.2, 0.25) is 5.91 Å². The molecule has 3 rings (SSSR count). The Morgan fingerprint density at radius 3 is 2.55 bits per heavy atom. The molecule has 0 bridgehead atoms. The third-order valence-electron chi connectivity index (χ3n) is 4.15. The van der Waals surface area contributed by atoms with Gasteiger partial charge in [0, 0.05) is 11.4 Å². The molecule has 0 aliphatic carbocycles. The van der Waals surface area contributed by atoms with Crippen molar-refractivity contribution in [1.29, 1.82) is 5.26 Å². The lowest BCUT2D eigenvalue weighted by atomic mass is 10.1. The van der Waals surface area contributed by atoms with Crippen LogP contribution >= 0.6 is 11.8 Å². The number of nitriles is 1. The minimum atomic E-state index is -0.155. The highest BCUT2D eigenvalue weighted by Gasteiger charge is 2.11. The Morgan fingerprint density at radius 1 is 1.14 bits per heavy atom. The summed E-state index contributed by atoms with van der Waals surface area (Å²) in [5.74, 6) is 0.758. The zero-order valence-corrected chi connectivity index (χ0v) is 17.1. The van der Waals surface area contributed by atoms with Crippen molar-refractivity contribution in [3.63, 3.8) is 0 Å². The van der Waals surface area contributed by atoms with E-state index in [-0.39, 0.29) is 11.7 Å². The SMILES string of the molecule is Cc1cc(C)c(C#N)c(SCC(=O)Nc2ccc(OCc3ccccc3)cc2)n1. The number of thioether (sulfide) groups is 1. The van der Waals surface area contributed by atoms with E-state index in [4.69, 9.17) is 4.74 Å². The van der Waals surface area contributed by atoms with Crippen LogP contribution in [0.2, 0.25) is 0 Å². The molecular weight excluding hydrogens is 382 g/mol. The summed E-state index contributed by atoms with van der Waals surface area (Å²) < 4.78 is 5.75. The third-order valence-corrected chi connectivity index (χ3v) is 5.13. The second-order valence-electron chi connectivity index (χ2n) is 6.51. The van der Waals surface area contributed by atoms with Gasteiger partial charge in [-0.15, -0.1) is 0 Å². The van der Waals surface area contributed by atoms with Crippen molar-refractivity contribution in [2.75, 3.05) is 11.1 Å². The Hall–Kier alpha value is -3.30. The van der Waals surface area contributed by atoms with Gasteiger partial charge in [0.05, 0.1) is 11.3 Å². The van der Waals surface area contributed by atoms with Crippen LogP contribution in [0.5, 0.6) is 5.75 Å². The molecule has 0 saturated heterocycles. The average Bonchev–Trinajstić information content (AvgIpc) is 2.72. The molecular formula is C23H21N3O2S. The monoisotopic (exact) mass is 403 g/mol. The van der Waals surface area contributed by atoms with E-state index in [0.717, 1.165) is 22.6 Å². The van der Waals surface area contributed by atoms with E-state index in [2.05, 4.69) is 16.4 Å². The number of hydrogen-bond donors (Lipinski definition) is 1. The fourth-order valence-corrected chi connectivity index (χ4v) is 3.65. The largest absolute Gasteiger partial charge is 0.489 e. The summed E-state index contributed by atoms with van der Waals surface area (Å²) in [6.07, 6.45) is 0. The normalized spacial score (nSPS) is 10.2. The fourth-order valence-electron chi connectivity index (χ4n) is 2.75. The number of amides is 1. The van der Waals surface area contributed by atoms with E-state index in [0.29, 0.717) is 22.9 Å². The summed E-state index contributed by atoms with van der Waals surface area (Å²) in [6, 6.07) is 21.2. The molecule has 146 valence electrons. The first-order valence-corrected chi connectivity index (χ1v) is 10.1. The number of rotatable bonds is 7. The molecule has 0 aliphatic heterocycles. The number of ether oxygens (including phenoxy) is 1. The predicted molar refractivity (Wildman–Crippen MR) is 115 cm³/mol. The van der Waals surface area contributed by atoms with Crippen LogP contribution in [0.25, 0.3) is 0 Å². The number of carbonyl (C=O) groups excluding carboxylic acids is 1. The van der Waals surface area contributed by atoms with E-state index in [1.54, 1.807) is 12.1 Å². The van der Waals surface area contributed by atoms with Crippen molar-refractivity contribution in [2.45, 2.75) is 25.5 Å². The minimum absolute atomic E-state index is 0.155. The molecule has 0 saturated carbocycles. The Bertz CT molecular complexity index is 1030. The lowest BCUT2D eigenvalue weighted by Gasteiger charge is -2.09. The van der Waals surface area contributed by atoms with Crippen molar-refractivity contribution in [3.8, 4) is 11.8 Å². The maximum Gasteiger partial charge on any atom is 0.234 e. The highest BCUT2D eigenvalue weighted by molar-refractivity contribution is 8.00. The predicted octanol–water partition coefficient (Wildman–Crippen LogP) is 4.88. The molecule has 29 heavy (non-hydrogen) atoms. The van der Waals surface area contributed by atoms with Gasteiger partial charge in [-0.2, -0.15) is 5.26 Å². The van der Waals surface area contributed by atoms with Crippen LogP contribution in [0.3, 0.4) is 0 Å². The number of nitrogens with one attached hydrogen (secondary N) is 1. The molecule has 0 aliphatic rings. The van der Waals surface area contributed by atoms with E-state index in [9.17, 15) is 10.1 Å². The number of aromatic nitrogens is 1. The first-order valence-electron chi connectivity index (χ1n) is 9.13. The smallest absolute Gasteiger partial charge is 0.234 e. The zero-order chi connectivity index (χ0) is 20.6. The van der Waals surface area contributed by atoms with Gasteiger partial charge < -0.3 is 10.1 Å². The molecule has 1 N–H and O–H groups in total. The van der Waals surface area contributed by atoms with Gasteiger partial charge in [0.25, 0.3) is 0 Å². The molecule has 0 unspecified atom stereocenters. The third kappa shape index (κ3) is 5.84. The van der Waals surface area contributed by atoms with E-state index >= 15 is 0 Å². The molecule has 1 heterocycles. The van der Waals surface area contributed by atoms with Crippen LogP contribution in [0.4, 0.5) is 5.69 Å². The average molecular weight is 404 g/mol. The number of benzene rings is 2. The van der Waals surface area contributed by atoms with Crippen LogP contribution in [0.1, 0.15) is 22.4 Å². The van der Waals surface area contributed by atoms with Crippen molar-refractivity contribution in [3.05, 3.63) is 83.0 Å². The summed E-state index contributed by atoms with van der Waals surface area (Å²) in [5, 5.41) is 12.8. The van der Waals surface area contributed by atoms with E-state index < -0.39 is 0 Å². The molecule has 6 heteroatoms. The number of pyridine rings is 1. The zero-order valence-electron chi connectivity index (χ0n) is 16.3. The number of anilines is 1. The maximum absolute atomic E-state index is 12.3. The molecule has 0 radical (unpaired) electrons. The Labute approximate surface area is 174 Å². The van der Waals surface area contributed by atoms with Gasteiger partial charge in [-0.25, -0.2) is 4.98 Å². The number of nitrogens with zero attached hydrogens (tertiary/aromatic N) is 2.